The van der Waals surface area contributed by atoms with E-state index in [0.29, 0.717) is 12.8 Å². The number of amides is 5. The number of rotatable bonds is 6. The molecule has 0 radical (unpaired) electrons. The number of hydrogen-bond acceptors (Lipinski definition) is 5. The van der Waals surface area contributed by atoms with Crippen molar-refractivity contribution in [3.8, 4) is 5.75 Å². The smallest absolute Gasteiger partial charge is 0.406 e. The molecule has 1 heterocycles. The molecule has 9 nitrogen and oxygen atoms in total. The van der Waals surface area contributed by atoms with Gasteiger partial charge in [0.25, 0.3) is 5.91 Å². The molecule has 0 aromatic heterocycles. The van der Waals surface area contributed by atoms with Crippen LogP contribution < -0.4 is 15.4 Å². The summed E-state index contributed by atoms with van der Waals surface area (Å²) in [5, 5.41) is 5.11. The lowest BCUT2D eigenvalue weighted by Gasteiger charge is -2.22. The van der Waals surface area contributed by atoms with Gasteiger partial charge in [0, 0.05) is 12.7 Å². The Morgan fingerprint density at radius 1 is 1.19 bits per heavy atom. The number of anilines is 1. The lowest BCUT2D eigenvalue weighted by Crippen LogP contribution is -2.46. The molecule has 1 aromatic carbocycles. The quantitative estimate of drug-likeness (QED) is 0.654. The summed E-state index contributed by atoms with van der Waals surface area (Å²) in [6, 6.07) is 3.88. The second kappa shape index (κ2) is 8.44. The van der Waals surface area contributed by atoms with E-state index in [1.165, 1.54) is 19.2 Å². The summed E-state index contributed by atoms with van der Waals surface area (Å²) in [6.45, 7) is -0.867. The number of alkyl halides is 3. The molecule has 1 aromatic rings. The maximum absolute atomic E-state index is 12.6. The topological polar surface area (TPSA) is 108 Å². The van der Waals surface area contributed by atoms with Crippen molar-refractivity contribution in [2.75, 3.05) is 25.5 Å². The Hall–Kier alpha value is -3.31. The van der Waals surface area contributed by atoms with Crippen molar-refractivity contribution in [3.05, 3.63) is 24.3 Å². The summed E-state index contributed by atoms with van der Waals surface area (Å²) in [5.74, 6) is -2.08. The molecule has 12 heteroatoms. The van der Waals surface area contributed by atoms with E-state index in [9.17, 15) is 32.3 Å². The van der Waals surface area contributed by atoms with Crippen molar-refractivity contribution in [2.24, 2.45) is 0 Å². The zero-order valence-electron chi connectivity index (χ0n) is 16.6. The van der Waals surface area contributed by atoms with Crippen LogP contribution in [0, 0.1) is 0 Å². The van der Waals surface area contributed by atoms with E-state index in [0.717, 1.165) is 34.8 Å². The highest BCUT2D eigenvalue weighted by Crippen LogP contribution is 2.35. The van der Waals surface area contributed by atoms with Crippen LogP contribution in [-0.2, 0) is 14.4 Å². The minimum atomic E-state index is -4.82. The van der Waals surface area contributed by atoms with Gasteiger partial charge in [-0.3, -0.25) is 19.3 Å². The highest BCUT2D eigenvalue weighted by atomic mass is 19.4. The number of likely N-dealkylation sites (N-methyl/N-ethyl adjacent to an activating group) is 1. The van der Waals surface area contributed by atoms with Gasteiger partial charge in [0.05, 0.1) is 6.54 Å². The molecule has 2 aliphatic rings. The molecule has 1 saturated carbocycles. The fraction of sp³-hybridized carbons (Fsp3) is 0.474. The fourth-order valence-electron chi connectivity index (χ4n) is 3.64. The van der Waals surface area contributed by atoms with Gasteiger partial charge >= 0.3 is 12.4 Å². The van der Waals surface area contributed by atoms with Crippen LogP contribution in [0.25, 0.3) is 0 Å². The number of ether oxygens (including phenoxy) is 1. The van der Waals surface area contributed by atoms with Gasteiger partial charge < -0.3 is 20.3 Å². The number of nitrogens with zero attached hydrogens (tertiary/aromatic N) is 2. The van der Waals surface area contributed by atoms with Gasteiger partial charge in [-0.1, -0.05) is 12.8 Å². The van der Waals surface area contributed by atoms with E-state index >= 15 is 0 Å². The van der Waals surface area contributed by atoms with Crippen LogP contribution in [0.4, 0.5) is 23.7 Å². The Bertz CT molecular complexity index is 882. The molecule has 2 N–H and O–H groups in total. The number of carbonyl (C=O) groups excluding carboxylic acids is 4. The maximum atomic E-state index is 12.6. The minimum absolute atomic E-state index is 0.206. The normalized spacial score (nSPS) is 17.6. The monoisotopic (exact) mass is 442 g/mol. The molecule has 1 saturated heterocycles. The molecule has 1 spiro atoms. The molecule has 2 fully saturated rings. The predicted molar refractivity (Wildman–Crippen MR) is 101 cm³/mol. The molecule has 0 atom stereocenters. The molecule has 1 aliphatic carbocycles. The summed E-state index contributed by atoms with van der Waals surface area (Å²) in [6.07, 6.45) is -2.12. The number of benzene rings is 1. The fourth-order valence-corrected chi connectivity index (χ4v) is 3.64. The summed E-state index contributed by atoms with van der Waals surface area (Å²) in [5.41, 5.74) is -0.715. The second-order valence-corrected chi connectivity index (χ2v) is 7.48. The first-order valence-electron chi connectivity index (χ1n) is 9.53. The standard InChI is InChI=1S/C19H21F3N4O5/c1-25(10-14(27)23-12-4-6-13(7-5-12)31-19(20,21)22)15(28)11-26-16(29)18(24-17(26)30)8-2-3-9-18/h4-7H,2-3,8-11H2,1H3,(H,23,27)(H,24,30). The first-order valence-corrected chi connectivity index (χ1v) is 9.53. The van der Waals surface area contributed by atoms with Gasteiger partial charge in [-0.05, 0) is 37.1 Å². The van der Waals surface area contributed by atoms with Crippen molar-refractivity contribution >= 4 is 29.4 Å². The summed E-state index contributed by atoms with van der Waals surface area (Å²) in [7, 11) is 1.34. The zero-order chi connectivity index (χ0) is 22.8. The highest BCUT2D eigenvalue weighted by molar-refractivity contribution is 6.09. The van der Waals surface area contributed by atoms with Gasteiger partial charge in [-0.25, -0.2) is 4.79 Å². The Balaban J connectivity index is 1.51. The van der Waals surface area contributed by atoms with Gasteiger partial charge in [0.2, 0.25) is 11.8 Å². The second-order valence-electron chi connectivity index (χ2n) is 7.48. The number of halogens is 3. The van der Waals surface area contributed by atoms with Crippen LogP contribution in [0.5, 0.6) is 5.75 Å². The third-order valence-electron chi connectivity index (χ3n) is 5.17. The lowest BCUT2D eigenvalue weighted by molar-refractivity contribution is -0.274. The molecule has 0 bridgehead atoms. The van der Waals surface area contributed by atoms with E-state index in [1.54, 1.807) is 0 Å². The Morgan fingerprint density at radius 2 is 1.81 bits per heavy atom. The summed E-state index contributed by atoms with van der Waals surface area (Å²) >= 11 is 0. The molecule has 31 heavy (non-hydrogen) atoms. The van der Waals surface area contributed by atoms with Crippen molar-refractivity contribution in [3.63, 3.8) is 0 Å². The van der Waals surface area contributed by atoms with Gasteiger partial charge in [-0.15, -0.1) is 13.2 Å². The van der Waals surface area contributed by atoms with Crippen molar-refractivity contribution in [2.45, 2.75) is 37.6 Å². The number of imide groups is 1. The number of nitrogens with one attached hydrogen (secondary N) is 2. The van der Waals surface area contributed by atoms with Crippen LogP contribution >= 0.6 is 0 Å². The van der Waals surface area contributed by atoms with Crippen LogP contribution in [-0.4, -0.2) is 65.6 Å². The lowest BCUT2D eigenvalue weighted by atomic mass is 9.98. The Labute approximate surface area is 175 Å². The average molecular weight is 442 g/mol. The first kappa shape index (κ1) is 22.4. The predicted octanol–water partition coefficient (Wildman–Crippen LogP) is 1.85. The first-order chi connectivity index (χ1) is 14.5. The van der Waals surface area contributed by atoms with Crippen LogP contribution in [0.2, 0.25) is 0 Å². The van der Waals surface area contributed by atoms with Crippen molar-refractivity contribution in [1.29, 1.82) is 0 Å². The van der Waals surface area contributed by atoms with Gasteiger partial charge in [-0.2, -0.15) is 0 Å². The largest absolute Gasteiger partial charge is 0.573 e. The molecule has 1 aliphatic heterocycles. The number of urea groups is 1. The number of carbonyl (C=O) groups is 4. The molecule has 3 rings (SSSR count). The summed E-state index contributed by atoms with van der Waals surface area (Å²) < 4.78 is 40.3. The van der Waals surface area contributed by atoms with E-state index in [4.69, 9.17) is 0 Å². The van der Waals surface area contributed by atoms with E-state index in [1.807, 2.05) is 0 Å². The zero-order valence-corrected chi connectivity index (χ0v) is 16.6. The molecular formula is C19H21F3N4O5. The van der Waals surface area contributed by atoms with Crippen molar-refractivity contribution < 1.29 is 37.1 Å². The minimum Gasteiger partial charge on any atom is -0.406 e. The molecule has 168 valence electrons. The van der Waals surface area contributed by atoms with Crippen LogP contribution in [0.3, 0.4) is 0 Å². The number of hydrogen-bond donors (Lipinski definition) is 2. The van der Waals surface area contributed by atoms with Crippen molar-refractivity contribution in [1.82, 2.24) is 15.1 Å². The van der Waals surface area contributed by atoms with Crippen LogP contribution in [0.15, 0.2) is 24.3 Å². The third kappa shape index (κ3) is 5.25. The Kier molecular flexibility index (Phi) is 6.09. The highest BCUT2D eigenvalue weighted by Gasteiger charge is 2.52. The van der Waals surface area contributed by atoms with Gasteiger partial charge in [0.15, 0.2) is 0 Å². The summed E-state index contributed by atoms with van der Waals surface area (Å²) in [4.78, 5) is 51.2. The van der Waals surface area contributed by atoms with E-state index in [2.05, 4.69) is 15.4 Å². The van der Waals surface area contributed by atoms with Crippen LogP contribution in [0.1, 0.15) is 25.7 Å². The third-order valence-corrected chi connectivity index (χ3v) is 5.17. The van der Waals surface area contributed by atoms with E-state index in [-0.39, 0.29) is 12.2 Å². The van der Waals surface area contributed by atoms with Gasteiger partial charge in [0.1, 0.15) is 17.8 Å². The SMILES string of the molecule is CN(CC(=O)Nc1ccc(OC(F)(F)F)cc1)C(=O)CN1C(=O)NC2(CCCC2)C1=O. The Morgan fingerprint density at radius 3 is 2.39 bits per heavy atom. The van der Waals surface area contributed by atoms with E-state index < -0.39 is 47.9 Å². The maximum Gasteiger partial charge on any atom is 0.573 e. The average Bonchev–Trinajstić information content (AvgIpc) is 3.23. The molecule has 5 amide bonds. The molecular weight excluding hydrogens is 421 g/mol. The molecule has 0 unspecified atom stereocenters.